The van der Waals surface area contributed by atoms with Gasteiger partial charge in [-0.1, -0.05) is 6.07 Å². The third kappa shape index (κ3) is 3.55. The van der Waals surface area contributed by atoms with Crippen molar-refractivity contribution in [3.8, 4) is 0 Å². The number of amides is 1. The summed E-state index contributed by atoms with van der Waals surface area (Å²) in [6, 6.07) is 3.25. The number of nitrogens with two attached hydrogens (primary N) is 1. The van der Waals surface area contributed by atoms with Crippen molar-refractivity contribution >= 4 is 22.4 Å². The monoisotopic (exact) mass is 311 g/mol. The Bertz CT molecular complexity index is 659. The number of carbonyl (C=O) groups excluding carboxylic acids is 1. The van der Waals surface area contributed by atoms with E-state index in [1.165, 1.54) is 22.3 Å². The van der Waals surface area contributed by atoms with Gasteiger partial charge in [-0.3, -0.25) is 4.79 Å². The lowest BCUT2D eigenvalue weighted by Gasteiger charge is -2.25. The summed E-state index contributed by atoms with van der Waals surface area (Å²) in [6.07, 6.45) is 0.123. The van der Waals surface area contributed by atoms with Crippen LogP contribution in [0, 0.1) is 11.6 Å². The summed E-state index contributed by atoms with van der Waals surface area (Å²) < 4.78 is 26.2. The first-order valence-corrected chi connectivity index (χ1v) is 7.17. The standard InChI is InChI=1S/C14H15F2N3OS/c1-8(9-3-4-11(15)12(16)5-9)19(2)13(20)6-10-7-21-14(17)18-10/h3-5,7-8H,6H2,1-2H3,(H2,17,18). The topological polar surface area (TPSA) is 59.2 Å². The van der Waals surface area contributed by atoms with Gasteiger partial charge in [-0.25, -0.2) is 13.8 Å². The molecule has 0 bridgehead atoms. The maximum atomic E-state index is 13.3. The van der Waals surface area contributed by atoms with E-state index < -0.39 is 11.6 Å². The molecule has 0 spiro atoms. The molecule has 1 aromatic carbocycles. The van der Waals surface area contributed by atoms with Crippen LogP contribution in [-0.2, 0) is 11.2 Å². The second-order valence-electron chi connectivity index (χ2n) is 4.71. The Hall–Kier alpha value is -2.02. The lowest BCUT2D eigenvalue weighted by Crippen LogP contribution is -2.31. The first kappa shape index (κ1) is 15.4. The van der Waals surface area contributed by atoms with Gasteiger partial charge in [-0.05, 0) is 24.6 Å². The lowest BCUT2D eigenvalue weighted by molar-refractivity contribution is -0.131. The van der Waals surface area contributed by atoms with Crippen LogP contribution in [0.1, 0.15) is 24.2 Å². The van der Waals surface area contributed by atoms with Crippen molar-refractivity contribution < 1.29 is 13.6 Å². The third-order valence-corrected chi connectivity index (χ3v) is 4.02. The SMILES string of the molecule is CC(c1ccc(F)c(F)c1)N(C)C(=O)Cc1csc(N)n1. The number of anilines is 1. The summed E-state index contributed by atoms with van der Waals surface area (Å²) in [5.41, 5.74) is 6.65. The predicted molar refractivity (Wildman–Crippen MR) is 77.8 cm³/mol. The molecule has 0 fully saturated rings. The Labute approximate surface area is 125 Å². The Morgan fingerprint density at radius 1 is 1.43 bits per heavy atom. The van der Waals surface area contributed by atoms with Crippen LogP contribution in [0.2, 0.25) is 0 Å². The Morgan fingerprint density at radius 3 is 2.71 bits per heavy atom. The zero-order valence-corrected chi connectivity index (χ0v) is 12.5. The van der Waals surface area contributed by atoms with Gasteiger partial charge in [-0.2, -0.15) is 0 Å². The Morgan fingerprint density at radius 2 is 2.14 bits per heavy atom. The van der Waals surface area contributed by atoms with Crippen molar-refractivity contribution in [1.29, 1.82) is 0 Å². The molecule has 4 nitrogen and oxygen atoms in total. The summed E-state index contributed by atoms with van der Waals surface area (Å²) >= 11 is 1.27. The molecule has 7 heteroatoms. The van der Waals surface area contributed by atoms with Crippen molar-refractivity contribution in [2.45, 2.75) is 19.4 Å². The van der Waals surface area contributed by atoms with E-state index in [1.807, 2.05) is 0 Å². The molecular weight excluding hydrogens is 296 g/mol. The van der Waals surface area contributed by atoms with Gasteiger partial charge in [0.2, 0.25) is 5.91 Å². The molecule has 0 aliphatic rings. The summed E-state index contributed by atoms with van der Waals surface area (Å²) in [6.45, 7) is 1.75. The molecule has 1 amide bonds. The highest BCUT2D eigenvalue weighted by molar-refractivity contribution is 7.13. The average molecular weight is 311 g/mol. The maximum absolute atomic E-state index is 13.3. The van der Waals surface area contributed by atoms with E-state index in [0.29, 0.717) is 16.4 Å². The molecule has 0 saturated heterocycles. The van der Waals surface area contributed by atoms with E-state index in [9.17, 15) is 13.6 Å². The molecule has 1 heterocycles. The van der Waals surface area contributed by atoms with Crippen LogP contribution < -0.4 is 5.73 Å². The van der Waals surface area contributed by atoms with Crippen LogP contribution in [0.3, 0.4) is 0 Å². The number of thiazole rings is 1. The second-order valence-corrected chi connectivity index (χ2v) is 5.60. The molecule has 0 aliphatic heterocycles. The molecule has 0 saturated carbocycles. The molecule has 2 rings (SSSR count). The fourth-order valence-corrected chi connectivity index (χ4v) is 2.46. The number of benzene rings is 1. The number of hydrogen-bond acceptors (Lipinski definition) is 4. The molecule has 2 aromatic rings. The van der Waals surface area contributed by atoms with Gasteiger partial charge in [0.05, 0.1) is 18.2 Å². The van der Waals surface area contributed by atoms with Crippen LogP contribution in [0.15, 0.2) is 23.6 Å². The second kappa shape index (κ2) is 6.17. The lowest BCUT2D eigenvalue weighted by atomic mass is 10.1. The number of halogens is 2. The van der Waals surface area contributed by atoms with Crippen molar-refractivity contribution in [3.63, 3.8) is 0 Å². The van der Waals surface area contributed by atoms with Gasteiger partial charge in [0.1, 0.15) is 0 Å². The zero-order valence-electron chi connectivity index (χ0n) is 11.6. The minimum atomic E-state index is -0.924. The molecule has 1 aromatic heterocycles. The van der Waals surface area contributed by atoms with Crippen molar-refractivity contribution in [1.82, 2.24) is 9.88 Å². The molecular formula is C14H15F2N3OS. The highest BCUT2D eigenvalue weighted by Crippen LogP contribution is 2.22. The molecule has 0 radical (unpaired) electrons. The first-order valence-electron chi connectivity index (χ1n) is 6.29. The third-order valence-electron chi connectivity index (χ3n) is 3.30. The van der Waals surface area contributed by atoms with Gasteiger partial charge < -0.3 is 10.6 Å². The number of nitrogen functional groups attached to an aromatic ring is 1. The van der Waals surface area contributed by atoms with E-state index in [2.05, 4.69) is 4.98 Å². The Balaban J connectivity index is 2.08. The smallest absolute Gasteiger partial charge is 0.228 e. The number of carbonyl (C=O) groups is 1. The fourth-order valence-electron chi connectivity index (χ4n) is 1.90. The number of likely N-dealkylation sites (N-methyl/N-ethyl adjacent to an activating group) is 1. The van der Waals surface area contributed by atoms with E-state index in [-0.39, 0.29) is 18.4 Å². The van der Waals surface area contributed by atoms with Crippen LogP contribution >= 0.6 is 11.3 Å². The summed E-state index contributed by atoms with van der Waals surface area (Å²) in [5, 5.41) is 2.14. The predicted octanol–water partition coefficient (Wildman–Crippen LogP) is 2.77. The zero-order chi connectivity index (χ0) is 15.6. The van der Waals surface area contributed by atoms with Gasteiger partial charge in [-0.15, -0.1) is 11.3 Å². The van der Waals surface area contributed by atoms with Gasteiger partial charge in [0, 0.05) is 12.4 Å². The quantitative estimate of drug-likeness (QED) is 0.944. The maximum Gasteiger partial charge on any atom is 0.228 e. The van der Waals surface area contributed by atoms with E-state index in [1.54, 1.807) is 19.4 Å². The van der Waals surface area contributed by atoms with Crippen LogP contribution in [0.4, 0.5) is 13.9 Å². The molecule has 21 heavy (non-hydrogen) atoms. The molecule has 1 unspecified atom stereocenters. The number of nitrogens with zero attached hydrogens (tertiary/aromatic N) is 2. The van der Waals surface area contributed by atoms with Crippen molar-refractivity contribution in [2.24, 2.45) is 0 Å². The van der Waals surface area contributed by atoms with Gasteiger partial charge in [0.15, 0.2) is 16.8 Å². The summed E-state index contributed by atoms with van der Waals surface area (Å²) in [7, 11) is 1.62. The highest BCUT2D eigenvalue weighted by atomic mass is 32.1. The van der Waals surface area contributed by atoms with Crippen LogP contribution in [0.25, 0.3) is 0 Å². The first-order chi connectivity index (χ1) is 9.88. The highest BCUT2D eigenvalue weighted by Gasteiger charge is 2.19. The Kier molecular flexibility index (Phi) is 4.52. The fraction of sp³-hybridized carbons (Fsp3) is 0.286. The number of hydrogen-bond donors (Lipinski definition) is 1. The minimum Gasteiger partial charge on any atom is -0.375 e. The number of rotatable bonds is 4. The van der Waals surface area contributed by atoms with Gasteiger partial charge in [0.25, 0.3) is 0 Å². The molecule has 2 N–H and O–H groups in total. The minimum absolute atomic E-state index is 0.123. The molecule has 112 valence electrons. The normalized spacial score (nSPS) is 12.2. The van der Waals surface area contributed by atoms with E-state index in [4.69, 9.17) is 5.73 Å². The van der Waals surface area contributed by atoms with Crippen LogP contribution in [-0.4, -0.2) is 22.8 Å². The average Bonchev–Trinajstić information content (AvgIpc) is 2.85. The van der Waals surface area contributed by atoms with E-state index >= 15 is 0 Å². The summed E-state index contributed by atoms with van der Waals surface area (Å²) in [5.74, 6) is -2.00. The molecule has 0 aliphatic carbocycles. The van der Waals surface area contributed by atoms with E-state index in [0.717, 1.165) is 12.1 Å². The van der Waals surface area contributed by atoms with Crippen molar-refractivity contribution in [3.05, 3.63) is 46.5 Å². The van der Waals surface area contributed by atoms with Crippen LogP contribution in [0.5, 0.6) is 0 Å². The largest absolute Gasteiger partial charge is 0.375 e. The summed E-state index contributed by atoms with van der Waals surface area (Å²) in [4.78, 5) is 17.7. The van der Waals surface area contributed by atoms with Gasteiger partial charge >= 0.3 is 0 Å². The van der Waals surface area contributed by atoms with Crippen molar-refractivity contribution in [2.75, 3.05) is 12.8 Å². The number of aromatic nitrogens is 1. The molecule has 1 atom stereocenters.